The number of benzene rings is 4. The third-order valence-electron chi connectivity index (χ3n) is 17.8. The molecule has 0 saturated heterocycles. The van der Waals surface area contributed by atoms with Crippen LogP contribution in [0.3, 0.4) is 0 Å². The number of carbonyl (C=O) groups excluding carboxylic acids is 4. The first-order chi connectivity index (χ1) is 59.9. The summed E-state index contributed by atoms with van der Waals surface area (Å²) in [7, 11) is -8.09. The van der Waals surface area contributed by atoms with Crippen LogP contribution >= 0.6 is 11.6 Å². The van der Waals surface area contributed by atoms with Crippen LogP contribution in [0.5, 0.6) is 0 Å². The number of amides is 1. The first-order valence-corrected chi connectivity index (χ1v) is 45.5. The van der Waals surface area contributed by atoms with E-state index >= 15 is 0 Å². The Kier molecular flexibility index (Phi) is 33.0. The molecule has 4 aromatic carbocycles. The van der Waals surface area contributed by atoms with Crippen LogP contribution in [-0.2, 0) is 127 Å². The maximum Gasteiger partial charge on any atom is 0.413 e. The van der Waals surface area contributed by atoms with Crippen molar-refractivity contribution in [3.63, 3.8) is 0 Å². The van der Waals surface area contributed by atoms with Crippen LogP contribution in [0.1, 0.15) is 108 Å². The summed E-state index contributed by atoms with van der Waals surface area (Å²) in [6, 6.07) is 40.1. The maximum absolute atomic E-state index is 14.8. The molecule has 0 bridgehead atoms. The third kappa shape index (κ3) is 27.8. The SMILES string of the molecule is CC(OC(=O)Nc1c(-c2ccc(NS(C)(=O)=O)cn2)nnn1C)c1c(F)cccc1Cl.CCc1nc(-c2nnn(C)c2CC(=O)O[C@H](CF)c2ccccc2)ccc1NS(C)(=O)=O.C[C@@H](OC(=O)Cc1c(-c2ccc(NS(C)(=O)=O)c(C(F)F)n2)nnn1C)c1ccccc1.Cc1nc(-c2nnn(C)c2CC(=O)O[C@H](CF)c2ccccc2)c(F)cc1NS(C)(=O)=O. The molecule has 1 amide bonds. The molecule has 0 aliphatic rings. The normalized spacial score (nSPS) is 12.4. The number of pyridine rings is 4. The Labute approximate surface area is 729 Å². The highest BCUT2D eigenvalue weighted by molar-refractivity contribution is 7.92. The number of hydrogen-bond acceptors (Lipinski definition) is 28. The lowest BCUT2D eigenvalue weighted by atomic mass is 10.1. The van der Waals surface area contributed by atoms with Crippen molar-refractivity contribution in [2.24, 2.45) is 28.2 Å². The molecule has 48 heteroatoms. The van der Waals surface area contributed by atoms with Crippen molar-refractivity contribution in [3.05, 3.63) is 231 Å². The average Bonchev–Trinajstić information content (AvgIpc) is 1.65. The van der Waals surface area contributed by atoms with Crippen LogP contribution in [0.15, 0.2) is 158 Å². The number of rotatable bonds is 31. The summed E-state index contributed by atoms with van der Waals surface area (Å²) in [6.07, 6.45) is -2.57. The average molecular weight is 1860 g/mol. The fourth-order valence-corrected chi connectivity index (χ4v) is 14.5. The summed E-state index contributed by atoms with van der Waals surface area (Å²) >= 11 is 6.01. The molecule has 12 aromatic rings. The molecule has 127 heavy (non-hydrogen) atoms. The number of aromatic nitrogens is 16. The molecule has 0 aliphatic carbocycles. The Morgan fingerprint density at radius 3 is 1.38 bits per heavy atom. The number of aryl methyl sites for hydroxylation is 6. The van der Waals surface area contributed by atoms with Gasteiger partial charge in [0.05, 0.1) is 124 Å². The number of hydrogen-bond donors (Lipinski definition) is 5. The second kappa shape index (κ2) is 43.0. The molecule has 8 heterocycles. The van der Waals surface area contributed by atoms with Gasteiger partial charge < -0.3 is 18.9 Å². The molecule has 12 rings (SSSR count). The number of nitrogens with one attached hydrogen (secondary N) is 5. The zero-order valence-electron chi connectivity index (χ0n) is 69.6. The first-order valence-electron chi connectivity index (χ1n) is 37.6. The van der Waals surface area contributed by atoms with Crippen molar-refractivity contribution < 1.29 is 98.1 Å². The van der Waals surface area contributed by atoms with E-state index in [9.17, 15) is 79.2 Å². The predicted molar refractivity (Wildman–Crippen MR) is 454 cm³/mol. The number of anilines is 5. The summed E-state index contributed by atoms with van der Waals surface area (Å²) in [6.45, 7) is 4.81. The molecule has 8 aromatic heterocycles. The fraction of sp³-hybridized carbons (Fsp3) is 0.291. The Bertz CT molecular complexity index is 6380. The van der Waals surface area contributed by atoms with Crippen LogP contribution in [0.2, 0.25) is 5.02 Å². The van der Waals surface area contributed by atoms with E-state index in [1.165, 1.54) is 88.3 Å². The van der Waals surface area contributed by atoms with Gasteiger partial charge in [-0.3, -0.25) is 57.6 Å². The van der Waals surface area contributed by atoms with Crippen LogP contribution in [0.25, 0.3) is 45.6 Å². The summed E-state index contributed by atoms with van der Waals surface area (Å²) in [5.74, 6) is -3.22. The van der Waals surface area contributed by atoms with Gasteiger partial charge in [0.25, 0.3) is 6.43 Å². The summed E-state index contributed by atoms with van der Waals surface area (Å²) in [5, 5.41) is 34.1. The van der Waals surface area contributed by atoms with Crippen molar-refractivity contribution in [1.29, 1.82) is 0 Å². The Morgan fingerprint density at radius 2 is 0.906 bits per heavy atom. The van der Waals surface area contributed by atoms with Crippen molar-refractivity contribution in [3.8, 4) is 45.6 Å². The third-order valence-corrected chi connectivity index (χ3v) is 20.5. The first kappa shape index (κ1) is 97.4. The number of nitrogens with zero attached hydrogens (tertiary/aromatic N) is 16. The molecule has 1 unspecified atom stereocenters. The van der Waals surface area contributed by atoms with Gasteiger partial charge in [0.2, 0.25) is 40.1 Å². The second-order valence-corrected chi connectivity index (χ2v) is 35.2. The highest BCUT2D eigenvalue weighted by Crippen LogP contribution is 2.35. The van der Waals surface area contributed by atoms with Crippen LogP contribution in [0.4, 0.5) is 59.7 Å². The lowest BCUT2D eigenvalue weighted by molar-refractivity contribution is -0.150. The second-order valence-electron chi connectivity index (χ2n) is 27.8. The number of carbonyl (C=O) groups is 4. The monoisotopic (exact) mass is 1860 g/mol. The number of esters is 3. The molecule has 674 valence electrons. The number of halogens is 7. The lowest BCUT2D eigenvalue weighted by Gasteiger charge is -2.16. The van der Waals surface area contributed by atoms with Gasteiger partial charge in [-0.15, -0.1) is 20.4 Å². The van der Waals surface area contributed by atoms with Gasteiger partial charge in [0, 0.05) is 39.8 Å². The van der Waals surface area contributed by atoms with Crippen molar-refractivity contribution in [1.82, 2.24) is 79.9 Å². The molecule has 4 atom stereocenters. The zero-order chi connectivity index (χ0) is 93.0. The maximum atomic E-state index is 14.8. The number of ether oxygens (including phenoxy) is 4. The number of sulfonamides is 4. The van der Waals surface area contributed by atoms with Gasteiger partial charge >= 0.3 is 24.0 Å². The minimum atomic E-state index is -3.78. The fourth-order valence-electron chi connectivity index (χ4n) is 11.9. The van der Waals surface area contributed by atoms with E-state index in [0.717, 1.165) is 36.7 Å². The predicted octanol–water partition coefficient (Wildman–Crippen LogP) is 11.5. The smallest absolute Gasteiger partial charge is 0.413 e. The quantitative estimate of drug-likeness (QED) is 0.0153. The van der Waals surface area contributed by atoms with Gasteiger partial charge in [-0.05, 0) is 92.4 Å². The van der Waals surface area contributed by atoms with Gasteiger partial charge in [0.1, 0.15) is 59.8 Å². The van der Waals surface area contributed by atoms with E-state index in [-0.39, 0.29) is 92.6 Å². The highest BCUT2D eigenvalue weighted by Gasteiger charge is 2.30. The lowest BCUT2D eigenvalue weighted by Crippen LogP contribution is -2.19. The van der Waals surface area contributed by atoms with Crippen LogP contribution in [0, 0.1) is 18.6 Å². The molecule has 0 radical (unpaired) electrons. The van der Waals surface area contributed by atoms with Crippen LogP contribution < -0.4 is 24.2 Å². The van der Waals surface area contributed by atoms with Gasteiger partial charge in [0.15, 0.2) is 29.5 Å². The van der Waals surface area contributed by atoms with E-state index in [1.807, 2.05) is 42.0 Å². The standard InChI is InChI=1S/C21H24FN5O4S.2C20H21F2N5O4S.C18H18ClFN6O4S/c1-4-15-16(25-32(3,29)30)10-11-17(23-15)21-18(27(2)26-24-21)12-20(28)31-19(13-22)14-8-6-5-7-9-14;1-12-15(25-32(3,29)30)9-14(22)19(23-12)20-16(27(2)26-24-20)10-18(28)31-17(11-21)13-7-5-4-6-8-13;1-12(13-7-5-4-6-8-13)31-17(28)11-16-18(24-26-27(16)2)14-9-10-15(25-32(3,29)30)19(23-14)20(21)22;1-10(15-12(19)5-4-6-13(15)20)30-18(27)22-17-16(23-25-26(17)2)14-8-7-11(9-21-14)24-31(3,28)29/h5-11,19,25H,4,12-13H2,1-3H3;4-9,17,25H,10-11H2,1-3H3;4-10,12,20,25H,11H2,1-3H3;4-10,24H,1-3H3,(H,22,27)/t19-;17-;12-;/m111./s1. The minimum absolute atomic E-state index is 0.00698. The van der Waals surface area contributed by atoms with Crippen molar-refractivity contribution >= 4 is 104 Å². The molecule has 5 N–H and O–H groups in total. The molecule has 37 nitrogen and oxygen atoms in total. The van der Waals surface area contributed by atoms with Gasteiger partial charge in [-0.1, -0.05) is 136 Å². The van der Waals surface area contributed by atoms with E-state index < -0.39 is 126 Å². The van der Waals surface area contributed by atoms with Crippen molar-refractivity contribution in [2.75, 3.05) is 62.6 Å². The highest BCUT2D eigenvalue weighted by atomic mass is 35.5. The molecule has 0 spiro atoms. The molecule has 0 aliphatic heterocycles. The van der Waals surface area contributed by atoms with Crippen LogP contribution in [-0.4, -0.2) is 176 Å². The molecular formula is C79H84ClF6N21O16S4. The Hall–Kier alpha value is -13.4. The minimum Gasteiger partial charge on any atom is -0.457 e. The molecule has 0 saturated carbocycles. The van der Waals surface area contributed by atoms with E-state index in [0.29, 0.717) is 57.4 Å². The Morgan fingerprint density at radius 1 is 0.465 bits per heavy atom. The van der Waals surface area contributed by atoms with Gasteiger partial charge in [-0.25, -0.2) is 84.4 Å². The zero-order valence-corrected chi connectivity index (χ0v) is 73.6. The molecular weight excluding hydrogens is 1780 g/mol. The van der Waals surface area contributed by atoms with E-state index in [1.54, 1.807) is 101 Å². The summed E-state index contributed by atoms with van der Waals surface area (Å²) < 4.78 is 210. The topological polar surface area (TPSA) is 476 Å². The summed E-state index contributed by atoms with van der Waals surface area (Å²) in [5.41, 5.74) is 4.41. The largest absolute Gasteiger partial charge is 0.457 e. The number of alkyl halides is 4. The van der Waals surface area contributed by atoms with Crippen molar-refractivity contribution in [2.45, 2.75) is 84.2 Å². The Balaban J connectivity index is 0.000000191. The van der Waals surface area contributed by atoms with E-state index in [2.05, 4.69) is 80.7 Å². The molecule has 0 fully saturated rings. The van der Waals surface area contributed by atoms with E-state index in [4.69, 9.17) is 30.5 Å². The van der Waals surface area contributed by atoms with Gasteiger partial charge in [-0.2, -0.15) is 0 Å². The summed E-state index contributed by atoms with van der Waals surface area (Å²) in [4.78, 5) is 66.6.